The molecule has 2 rings (SSSR count). The normalized spacial score (nSPS) is 16.2. The van der Waals surface area contributed by atoms with Crippen molar-refractivity contribution in [2.75, 3.05) is 13.1 Å². The molecule has 5 nitrogen and oxygen atoms in total. The zero-order valence-corrected chi connectivity index (χ0v) is 18.0. The smallest absolute Gasteiger partial charge is 0.410 e. The number of carbonyl (C=O) groups excluding carboxylic acids is 1. The number of imidazole rings is 1. The van der Waals surface area contributed by atoms with Crippen molar-refractivity contribution in [3.63, 3.8) is 0 Å². The third-order valence-corrected chi connectivity index (χ3v) is 4.22. The lowest BCUT2D eigenvalue weighted by atomic mass is 9.80. The number of aromatic amines is 1. The second-order valence-electron chi connectivity index (χ2n) is 7.32. The van der Waals surface area contributed by atoms with Crippen LogP contribution in [0, 0.1) is 13.8 Å². The Hall–Kier alpha value is -1.52. The highest BCUT2D eigenvalue weighted by atomic mass is 16.6. The minimum Gasteiger partial charge on any atom is -0.444 e. The fourth-order valence-corrected chi connectivity index (χ4v) is 2.58. The lowest BCUT2D eigenvalue weighted by molar-refractivity contribution is 0.0168. The summed E-state index contributed by atoms with van der Waals surface area (Å²) in [7, 11) is 0. The molecule has 0 aliphatic carbocycles. The van der Waals surface area contributed by atoms with Gasteiger partial charge in [0.05, 0.1) is 5.69 Å². The van der Waals surface area contributed by atoms with E-state index in [4.69, 9.17) is 4.74 Å². The Morgan fingerprint density at radius 1 is 1.12 bits per heavy atom. The monoisotopic (exact) mass is 353 g/mol. The van der Waals surface area contributed by atoms with Crippen LogP contribution in [0.1, 0.15) is 85.4 Å². The molecule has 5 heteroatoms. The predicted octanol–water partition coefficient (Wildman–Crippen LogP) is 5.37. The van der Waals surface area contributed by atoms with Crippen LogP contribution in [-0.2, 0) is 10.2 Å². The van der Waals surface area contributed by atoms with E-state index in [1.165, 1.54) is 0 Å². The Labute approximate surface area is 154 Å². The summed E-state index contributed by atoms with van der Waals surface area (Å²) in [6.07, 6.45) is 1.59. The summed E-state index contributed by atoms with van der Waals surface area (Å²) in [5.74, 6) is 1.04. The van der Waals surface area contributed by atoms with E-state index in [9.17, 15) is 4.79 Å². The highest BCUT2D eigenvalue weighted by Crippen LogP contribution is 2.34. The number of aromatic nitrogens is 2. The first-order valence-electron chi connectivity index (χ1n) is 9.62. The molecular weight excluding hydrogens is 314 g/mol. The Balaban J connectivity index is 0.00000134. The Morgan fingerprint density at radius 2 is 1.60 bits per heavy atom. The number of hydrogen-bond donors (Lipinski definition) is 1. The van der Waals surface area contributed by atoms with Crippen LogP contribution in [0.4, 0.5) is 4.79 Å². The fourth-order valence-electron chi connectivity index (χ4n) is 2.58. The molecule has 0 bridgehead atoms. The summed E-state index contributed by atoms with van der Waals surface area (Å²) in [6, 6.07) is 0. The number of piperidine rings is 1. The zero-order valence-electron chi connectivity index (χ0n) is 18.0. The summed E-state index contributed by atoms with van der Waals surface area (Å²) < 4.78 is 5.44. The van der Waals surface area contributed by atoms with Crippen molar-refractivity contribution in [2.24, 2.45) is 0 Å². The van der Waals surface area contributed by atoms with Crippen LogP contribution >= 0.6 is 0 Å². The third-order valence-electron chi connectivity index (χ3n) is 4.22. The van der Waals surface area contributed by atoms with Crippen molar-refractivity contribution >= 4 is 6.09 Å². The molecule has 0 atom stereocenters. The van der Waals surface area contributed by atoms with Gasteiger partial charge in [-0.3, -0.25) is 0 Å². The highest BCUT2D eigenvalue weighted by Gasteiger charge is 2.37. The van der Waals surface area contributed by atoms with Crippen LogP contribution in [0.2, 0.25) is 0 Å². The number of nitrogens with zero attached hydrogens (tertiary/aromatic N) is 2. The molecule has 1 fully saturated rings. The number of aryl methyl sites for hydroxylation is 2. The molecule has 0 unspecified atom stereocenters. The van der Waals surface area contributed by atoms with Crippen molar-refractivity contribution in [3.05, 3.63) is 17.2 Å². The third kappa shape index (κ3) is 6.71. The first kappa shape index (κ1) is 23.5. The standard InChI is InChI=1S/C16H27N3O2.2C2H6/c1-11-12(2)18-13(17-11)16(6)7-9-19(10-8-16)14(20)21-15(3,4)5;2*1-2/h7-10H2,1-6H3,(H,17,18);2*1-2H3. The Bertz CT molecular complexity index is 502. The molecule has 0 saturated carbocycles. The molecular formula is C20H39N3O2. The minimum atomic E-state index is -0.437. The molecule has 0 aromatic carbocycles. The maximum Gasteiger partial charge on any atom is 0.410 e. The molecule has 1 aromatic heterocycles. The van der Waals surface area contributed by atoms with Gasteiger partial charge in [0, 0.05) is 24.2 Å². The first-order chi connectivity index (χ1) is 11.6. The fraction of sp³-hybridized carbons (Fsp3) is 0.800. The predicted molar refractivity (Wildman–Crippen MR) is 105 cm³/mol. The van der Waals surface area contributed by atoms with Gasteiger partial charge in [-0.2, -0.15) is 0 Å². The van der Waals surface area contributed by atoms with Crippen molar-refractivity contribution < 1.29 is 9.53 Å². The number of amides is 1. The van der Waals surface area contributed by atoms with Gasteiger partial charge >= 0.3 is 6.09 Å². The first-order valence-corrected chi connectivity index (χ1v) is 9.62. The van der Waals surface area contributed by atoms with Crippen molar-refractivity contribution in [3.8, 4) is 0 Å². The number of nitrogens with one attached hydrogen (secondary N) is 1. The quantitative estimate of drug-likeness (QED) is 0.738. The second-order valence-corrected chi connectivity index (χ2v) is 7.32. The summed E-state index contributed by atoms with van der Waals surface area (Å²) in [6.45, 7) is 21.4. The molecule has 1 aromatic rings. The van der Waals surface area contributed by atoms with Crippen LogP contribution in [0.5, 0.6) is 0 Å². The summed E-state index contributed by atoms with van der Waals surface area (Å²) in [4.78, 5) is 21.9. The highest BCUT2D eigenvalue weighted by molar-refractivity contribution is 5.68. The topological polar surface area (TPSA) is 58.2 Å². The Morgan fingerprint density at radius 3 is 1.96 bits per heavy atom. The number of ether oxygens (including phenoxy) is 1. The van der Waals surface area contributed by atoms with Gasteiger partial charge in [0.2, 0.25) is 0 Å². The summed E-state index contributed by atoms with van der Waals surface area (Å²) in [5.41, 5.74) is 1.76. The number of rotatable bonds is 1. The van der Waals surface area contributed by atoms with Gasteiger partial charge in [0.15, 0.2) is 0 Å². The largest absolute Gasteiger partial charge is 0.444 e. The molecule has 1 amide bonds. The molecule has 0 spiro atoms. The van der Waals surface area contributed by atoms with E-state index < -0.39 is 5.60 Å². The van der Waals surface area contributed by atoms with Crippen LogP contribution in [0.25, 0.3) is 0 Å². The van der Waals surface area contributed by atoms with Gasteiger partial charge in [-0.15, -0.1) is 0 Å². The molecule has 0 radical (unpaired) electrons. The van der Waals surface area contributed by atoms with E-state index in [-0.39, 0.29) is 11.5 Å². The molecule has 1 N–H and O–H groups in total. The van der Waals surface area contributed by atoms with Crippen LogP contribution in [0.15, 0.2) is 0 Å². The average molecular weight is 354 g/mol. The van der Waals surface area contributed by atoms with E-state index in [0.29, 0.717) is 13.1 Å². The lowest BCUT2D eigenvalue weighted by Gasteiger charge is -2.38. The van der Waals surface area contributed by atoms with Gasteiger partial charge in [0.1, 0.15) is 11.4 Å². The van der Waals surface area contributed by atoms with E-state index >= 15 is 0 Å². The summed E-state index contributed by atoms with van der Waals surface area (Å²) in [5, 5.41) is 0. The summed E-state index contributed by atoms with van der Waals surface area (Å²) >= 11 is 0. The zero-order chi connectivity index (χ0) is 19.8. The number of carbonyl (C=O) groups is 1. The SMILES string of the molecule is CC.CC.Cc1nc(C2(C)CCN(C(=O)OC(C)(C)C)CC2)[nH]c1C. The van der Waals surface area contributed by atoms with E-state index in [1.807, 2.05) is 62.3 Å². The number of likely N-dealkylation sites (tertiary alicyclic amines) is 1. The molecule has 1 aliphatic heterocycles. The number of H-pyrrole nitrogens is 1. The van der Waals surface area contributed by atoms with Crippen molar-refractivity contribution in [2.45, 2.75) is 93.1 Å². The minimum absolute atomic E-state index is 0.0114. The molecule has 1 aliphatic rings. The van der Waals surface area contributed by atoms with E-state index in [0.717, 1.165) is 30.1 Å². The van der Waals surface area contributed by atoms with Gasteiger partial charge in [-0.1, -0.05) is 34.6 Å². The number of hydrogen-bond acceptors (Lipinski definition) is 3. The van der Waals surface area contributed by atoms with Crippen molar-refractivity contribution in [1.29, 1.82) is 0 Å². The second kappa shape index (κ2) is 9.83. The lowest BCUT2D eigenvalue weighted by Crippen LogP contribution is -2.46. The van der Waals surface area contributed by atoms with E-state index in [2.05, 4.69) is 16.9 Å². The van der Waals surface area contributed by atoms with Gasteiger partial charge in [-0.25, -0.2) is 9.78 Å². The van der Waals surface area contributed by atoms with Gasteiger partial charge in [0.25, 0.3) is 0 Å². The van der Waals surface area contributed by atoms with Crippen molar-refractivity contribution in [1.82, 2.24) is 14.9 Å². The molecule has 2 heterocycles. The maximum absolute atomic E-state index is 12.1. The maximum atomic E-state index is 12.1. The van der Waals surface area contributed by atoms with Gasteiger partial charge in [-0.05, 0) is 47.5 Å². The molecule has 146 valence electrons. The van der Waals surface area contributed by atoms with Crippen LogP contribution in [0.3, 0.4) is 0 Å². The van der Waals surface area contributed by atoms with Crippen LogP contribution in [-0.4, -0.2) is 39.7 Å². The van der Waals surface area contributed by atoms with E-state index in [1.54, 1.807) is 4.90 Å². The average Bonchev–Trinajstić information content (AvgIpc) is 2.90. The molecule has 25 heavy (non-hydrogen) atoms. The molecule has 1 saturated heterocycles. The Kier molecular flexibility index (Phi) is 9.23. The van der Waals surface area contributed by atoms with Gasteiger partial charge < -0.3 is 14.6 Å². The van der Waals surface area contributed by atoms with Crippen LogP contribution < -0.4 is 0 Å².